The van der Waals surface area contributed by atoms with Crippen LogP contribution < -0.4 is 4.74 Å². The van der Waals surface area contributed by atoms with E-state index in [2.05, 4.69) is 28.8 Å². The van der Waals surface area contributed by atoms with Crippen LogP contribution in [0.3, 0.4) is 0 Å². The summed E-state index contributed by atoms with van der Waals surface area (Å²) < 4.78 is 5.73. The van der Waals surface area contributed by atoms with Crippen molar-refractivity contribution in [2.45, 2.75) is 13.5 Å². The molecule has 20 heavy (non-hydrogen) atoms. The number of nitrogens with zero attached hydrogens (tertiary/aromatic N) is 1. The fourth-order valence-electron chi connectivity index (χ4n) is 1.97. The molecule has 0 fully saturated rings. The summed E-state index contributed by atoms with van der Waals surface area (Å²) in [6.07, 6.45) is 0. The zero-order valence-corrected chi connectivity index (χ0v) is 12.7. The molecule has 0 atom stereocenters. The van der Waals surface area contributed by atoms with Crippen LogP contribution in [-0.4, -0.2) is 30.9 Å². The first-order chi connectivity index (χ1) is 9.66. The largest absolute Gasteiger partial charge is 0.491 e. The van der Waals surface area contributed by atoms with Crippen molar-refractivity contribution in [3.8, 4) is 5.75 Å². The van der Waals surface area contributed by atoms with Crippen molar-refractivity contribution >= 4 is 17.1 Å². The van der Waals surface area contributed by atoms with Crippen LogP contribution in [0.25, 0.3) is 0 Å². The van der Waals surface area contributed by atoms with Crippen LogP contribution in [-0.2, 0) is 6.54 Å². The number of rotatable bonds is 7. The lowest BCUT2D eigenvalue weighted by molar-refractivity contribution is 0.101. The van der Waals surface area contributed by atoms with Gasteiger partial charge < -0.3 is 4.74 Å². The second-order valence-corrected chi connectivity index (χ2v) is 5.55. The van der Waals surface area contributed by atoms with E-state index < -0.39 is 0 Å². The van der Waals surface area contributed by atoms with Gasteiger partial charge in [0.25, 0.3) is 0 Å². The highest BCUT2D eigenvalue weighted by atomic mass is 32.1. The summed E-state index contributed by atoms with van der Waals surface area (Å²) in [5.41, 5.74) is 1.97. The Hall–Kier alpha value is -1.65. The van der Waals surface area contributed by atoms with E-state index in [0.717, 1.165) is 13.1 Å². The third kappa shape index (κ3) is 4.18. The Morgan fingerprint density at radius 2 is 2.10 bits per heavy atom. The Labute approximate surface area is 123 Å². The molecule has 0 spiro atoms. The van der Waals surface area contributed by atoms with Gasteiger partial charge in [-0.2, -0.15) is 11.3 Å². The Balaban J connectivity index is 1.82. The van der Waals surface area contributed by atoms with E-state index in [9.17, 15) is 4.79 Å². The van der Waals surface area contributed by atoms with E-state index in [0.29, 0.717) is 17.9 Å². The number of carbonyl (C=O) groups is 1. The van der Waals surface area contributed by atoms with Gasteiger partial charge in [-0.05, 0) is 48.5 Å². The summed E-state index contributed by atoms with van der Waals surface area (Å²) in [7, 11) is 2.07. The van der Waals surface area contributed by atoms with Crippen molar-refractivity contribution < 1.29 is 9.53 Å². The Bertz CT molecular complexity index is 551. The summed E-state index contributed by atoms with van der Waals surface area (Å²) in [6, 6.07) is 9.51. The first-order valence-corrected chi connectivity index (χ1v) is 7.53. The van der Waals surface area contributed by atoms with Gasteiger partial charge in [-0.1, -0.05) is 12.1 Å². The zero-order chi connectivity index (χ0) is 14.4. The number of carbonyl (C=O) groups excluding carboxylic acids is 1. The molecule has 0 N–H and O–H groups in total. The van der Waals surface area contributed by atoms with Gasteiger partial charge in [-0.15, -0.1) is 0 Å². The molecule has 106 valence electrons. The Morgan fingerprint density at radius 1 is 1.30 bits per heavy atom. The van der Waals surface area contributed by atoms with Gasteiger partial charge in [0.1, 0.15) is 12.4 Å². The summed E-state index contributed by atoms with van der Waals surface area (Å²) in [4.78, 5) is 13.7. The number of hydrogen-bond donors (Lipinski definition) is 0. The maximum absolute atomic E-state index is 11.5. The van der Waals surface area contributed by atoms with Crippen molar-refractivity contribution in [1.82, 2.24) is 4.90 Å². The average molecular weight is 289 g/mol. The lowest BCUT2D eigenvalue weighted by Gasteiger charge is -2.17. The standard InChI is InChI=1S/C16H19NO2S/c1-13(18)15-5-3-4-6-16(15)19-9-8-17(2)11-14-7-10-20-12-14/h3-7,10,12H,8-9,11H2,1-2H3. The number of para-hydroxylation sites is 1. The number of benzene rings is 1. The molecule has 0 aliphatic rings. The number of likely N-dealkylation sites (N-methyl/N-ethyl adjacent to an activating group) is 1. The van der Waals surface area contributed by atoms with E-state index in [1.807, 2.05) is 18.2 Å². The zero-order valence-electron chi connectivity index (χ0n) is 11.8. The van der Waals surface area contributed by atoms with Gasteiger partial charge in [0.2, 0.25) is 0 Å². The monoisotopic (exact) mass is 289 g/mol. The topological polar surface area (TPSA) is 29.5 Å². The van der Waals surface area contributed by atoms with Crippen LogP contribution in [0.2, 0.25) is 0 Å². The molecule has 0 unspecified atom stereocenters. The van der Waals surface area contributed by atoms with Crippen molar-refractivity contribution in [3.05, 3.63) is 52.2 Å². The molecule has 2 aromatic rings. The first kappa shape index (κ1) is 14.8. The minimum atomic E-state index is 0.0345. The van der Waals surface area contributed by atoms with E-state index in [-0.39, 0.29) is 5.78 Å². The molecular formula is C16H19NO2S. The second kappa shape index (κ2) is 7.22. The van der Waals surface area contributed by atoms with E-state index in [1.165, 1.54) is 5.56 Å². The van der Waals surface area contributed by atoms with E-state index in [1.54, 1.807) is 24.3 Å². The Morgan fingerprint density at radius 3 is 2.80 bits per heavy atom. The third-order valence-corrected chi connectivity index (χ3v) is 3.76. The summed E-state index contributed by atoms with van der Waals surface area (Å²) in [5, 5.41) is 4.24. The molecule has 0 amide bonds. The molecular weight excluding hydrogens is 270 g/mol. The fraction of sp³-hybridized carbons (Fsp3) is 0.312. The first-order valence-electron chi connectivity index (χ1n) is 6.59. The van der Waals surface area contributed by atoms with Crippen molar-refractivity contribution in [2.24, 2.45) is 0 Å². The molecule has 4 heteroatoms. The van der Waals surface area contributed by atoms with Gasteiger partial charge in [0.05, 0.1) is 5.56 Å². The molecule has 0 radical (unpaired) electrons. The molecule has 0 saturated carbocycles. The smallest absolute Gasteiger partial charge is 0.163 e. The van der Waals surface area contributed by atoms with Gasteiger partial charge in [-0.25, -0.2) is 0 Å². The maximum Gasteiger partial charge on any atom is 0.163 e. The van der Waals surface area contributed by atoms with E-state index >= 15 is 0 Å². The molecule has 1 aromatic heterocycles. The summed E-state index contributed by atoms with van der Waals surface area (Å²) >= 11 is 1.71. The van der Waals surface area contributed by atoms with Crippen molar-refractivity contribution in [2.75, 3.05) is 20.2 Å². The van der Waals surface area contributed by atoms with Crippen LogP contribution in [0.1, 0.15) is 22.8 Å². The fourth-order valence-corrected chi connectivity index (χ4v) is 2.63. The Kier molecular flexibility index (Phi) is 5.32. The lowest BCUT2D eigenvalue weighted by Crippen LogP contribution is -2.23. The summed E-state index contributed by atoms with van der Waals surface area (Å²) in [6.45, 7) is 3.87. The van der Waals surface area contributed by atoms with Crippen LogP contribution in [0.4, 0.5) is 0 Å². The van der Waals surface area contributed by atoms with Crippen LogP contribution in [0.15, 0.2) is 41.1 Å². The number of thiophene rings is 1. The normalized spacial score (nSPS) is 10.8. The number of ketones is 1. The second-order valence-electron chi connectivity index (χ2n) is 4.77. The minimum absolute atomic E-state index is 0.0345. The van der Waals surface area contributed by atoms with Crippen LogP contribution >= 0.6 is 11.3 Å². The lowest BCUT2D eigenvalue weighted by atomic mass is 10.1. The molecule has 0 bridgehead atoms. The molecule has 1 aromatic carbocycles. The highest BCUT2D eigenvalue weighted by Crippen LogP contribution is 2.18. The molecule has 0 aliphatic heterocycles. The van der Waals surface area contributed by atoms with Crippen molar-refractivity contribution in [1.29, 1.82) is 0 Å². The average Bonchev–Trinajstić information content (AvgIpc) is 2.92. The molecule has 0 saturated heterocycles. The van der Waals surface area contributed by atoms with Crippen LogP contribution in [0, 0.1) is 0 Å². The quantitative estimate of drug-likeness (QED) is 0.731. The molecule has 3 nitrogen and oxygen atoms in total. The highest BCUT2D eigenvalue weighted by Gasteiger charge is 2.07. The number of hydrogen-bond acceptors (Lipinski definition) is 4. The molecule has 1 heterocycles. The van der Waals surface area contributed by atoms with Gasteiger partial charge in [0.15, 0.2) is 5.78 Å². The summed E-state index contributed by atoms with van der Waals surface area (Å²) in [5.74, 6) is 0.705. The van der Waals surface area contributed by atoms with E-state index in [4.69, 9.17) is 4.74 Å². The van der Waals surface area contributed by atoms with Gasteiger partial charge >= 0.3 is 0 Å². The van der Waals surface area contributed by atoms with Crippen LogP contribution in [0.5, 0.6) is 5.75 Å². The number of Topliss-reactive ketones (excluding diaryl/α,β-unsaturated/α-hetero) is 1. The predicted octanol–water partition coefficient (Wildman–Crippen LogP) is 3.46. The molecule has 0 aliphatic carbocycles. The predicted molar refractivity (Wildman–Crippen MR) is 82.6 cm³/mol. The molecule has 2 rings (SSSR count). The third-order valence-electron chi connectivity index (χ3n) is 3.03. The van der Waals surface area contributed by atoms with Crippen molar-refractivity contribution in [3.63, 3.8) is 0 Å². The minimum Gasteiger partial charge on any atom is -0.491 e. The van der Waals surface area contributed by atoms with Gasteiger partial charge in [0, 0.05) is 13.1 Å². The maximum atomic E-state index is 11.5. The highest BCUT2D eigenvalue weighted by molar-refractivity contribution is 7.07. The number of ether oxygens (including phenoxy) is 1. The van der Waals surface area contributed by atoms with Gasteiger partial charge in [-0.3, -0.25) is 9.69 Å². The SMILES string of the molecule is CC(=O)c1ccccc1OCCN(C)Cc1ccsc1.